The number of fused-ring (bicyclic) bond motifs is 1. The van der Waals surface area contributed by atoms with Gasteiger partial charge in [0.25, 0.3) is 0 Å². The molecule has 0 atom stereocenters. The summed E-state index contributed by atoms with van der Waals surface area (Å²) in [7, 11) is 1.58. The Balaban J connectivity index is 1.64. The predicted octanol–water partition coefficient (Wildman–Crippen LogP) is 3.15. The lowest BCUT2D eigenvalue weighted by Crippen LogP contribution is -2.45. The number of para-hydroxylation sites is 1. The smallest absolute Gasteiger partial charge is 0.243 e. The molecule has 0 aliphatic carbocycles. The molecule has 0 bridgehead atoms. The molecule has 3 amide bonds. The van der Waals surface area contributed by atoms with Gasteiger partial charge in [0.15, 0.2) is 0 Å². The normalized spacial score (nSPS) is 13.1. The molecule has 0 unspecified atom stereocenters. The van der Waals surface area contributed by atoms with Gasteiger partial charge in [-0.1, -0.05) is 29.8 Å². The van der Waals surface area contributed by atoms with Crippen LogP contribution in [-0.2, 0) is 14.4 Å². The highest BCUT2D eigenvalue weighted by Crippen LogP contribution is 2.34. The number of nitrogens with one attached hydrogen (secondary N) is 1. The Morgan fingerprint density at radius 3 is 2.48 bits per heavy atom. The number of amides is 3. The van der Waals surface area contributed by atoms with Crippen LogP contribution in [0.1, 0.15) is 16.7 Å². The quantitative estimate of drug-likeness (QED) is 0.821. The molecular formula is C22H25N3O3S. The van der Waals surface area contributed by atoms with E-state index in [0.29, 0.717) is 5.75 Å². The number of rotatable bonds is 5. The van der Waals surface area contributed by atoms with Crippen molar-refractivity contribution in [3.8, 4) is 0 Å². The number of carbonyl (C=O) groups is 3. The number of likely N-dealkylation sites (N-methyl/N-ethyl adjacent to an activating group) is 1. The fourth-order valence-electron chi connectivity index (χ4n) is 3.44. The first-order valence-corrected chi connectivity index (χ1v) is 10.4. The average Bonchev–Trinajstić information content (AvgIpc) is 2.66. The number of carbonyl (C=O) groups excluding carboxylic acids is 3. The Labute approximate surface area is 175 Å². The standard InChI is InChI=1S/C22H25N3O3S/c1-14-9-15(2)22(16(3)10-14)23-19(26)11-24(4)20(27)12-25-17-7-5-6-8-18(17)29-13-21(25)28/h5-10H,11-13H2,1-4H3,(H,23,26). The molecule has 1 heterocycles. The molecule has 0 fully saturated rings. The van der Waals surface area contributed by atoms with Crippen LogP contribution < -0.4 is 10.2 Å². The molecule has 1 aliphatic heterocycles. The molecule has 7 heteroatoms. The molecule has 2 aromatic rings. The van der Waals surface area contributed by atoms with E-state index in [4.69, 9.17) is 0 Å². The Bertz CT molecular complexity index is 951. The summed E-state index contributed by atoms with van der Waals surface area (Å²) in [5.41, 5.74) is 4.62. The first kappa shape index (κ1) is 20.9. The van der Waals surface area contributed by atoms with E-state index in [1.54, 1.807) is 7.05 Å². The van der Waals surface area contributed by atoms with E-state index in [2.05, 4.69) is 5.32 Å². The zero-order chi connectivity index (χ0) is 21.1. The second-order valence-electron chi connectivity index (χ2n) is 7.31. The average molecular weight is 412 g/mol. The lowest BCUT2D eigenvalue weighted by atomic mass is 10.1. The number of thioether (sulfide) groups is 1. The van der Waals surface area contributed by atoms with Crippen molar-refractivity contribution in [3.63, 3.8) is 0 Å². The molecule has 0 aromatic heterocycles. The first-order chi connectivity index (χ1) is 13.8. The second kappa shape index (κ2) is 8.69. The van der Waals surface area contributed by atoms with Gasteiger partial charge in [0, 0.05) is 17.6 Å². The first-order valence-electron chi connectivity index (χ1n) is 9.40. The highest BCUT2D eigenvalue weighted by atomic mass is 32.2. The molecule has 3 rings (SSSR count). The molecule has 0 spiro atoms. The molecule has 0 saturated carbocycles. The van der Waals surface area contributed by atoms with Crippen LogP contribution in [0.4, 0.5) is 11.4 Å². The number of anilines is 2. The van der Waals surface area contributed by atoms with Crippen LogP contribution in [0.2, 0.25) is 0 Å². The molecule has 1 aliphatic rings. The lowest BCUT2D eigenvalue weighted by molar-refractivity contribution is -0.133. The van der Waals surface area contributed by atoms with Crippen molar-refractivity contribution in [1.82, 2.24) is 4.90 Å². The molecule has 1 N–H and O–H groups in total. The van der Waals surface area contributed by atoms with E-state index in [0.717, 1.165) is 33.0 Å². The summed E-state index contributed by atoms with van der Waals surface area (Å²) in [6, 6.07) is 11.5. The van der Waals surface area contributed by atoms with Crippen LogP contribution in [0, 0.1) is 20.8 Å². The summed E-state index contributed by atoms with van der Waals surface area (Å²) < 4.78 is 0. The van der Waals surface area contributed by atoms with Gasteiger partial charge in [0.2, 0.25) is 17.7 Å². The topological polar surface area (TPSA) is 69.7 Å². The monoisotopic (exact) mass is 411 g/mol. The maximum absolute atomic E-state index is 12.7. The van der Waals surface area contributed by atoms with E-state index in [1.165, 1.54) is 21.6 Å². The Hall–Kier alpha value is -2.80. The Morgan fingerprint density at radius 2 is 1.79 bits per heavy atom. The Morgan fingerprint density at radius 1 is 1.14 bits per heavy atom. The number of aryl methyl sites for hydroxylation is 3. The van der Waals surface area contributed by atoms with E-state index < -0.39 is 0 Å². The van der Waals surface area contributed by atoms with E-state index in [1.807, 2.05) is 57.2 Å². The molecule has 152 valence electrons. The molecule has 29 heavy (non-hydrogen) atoms. The van der Waals surface area contributed by atoms with Crippen molar-refractivity contribution in [2.45, 2.75) is 25.7 Å². The maximum atomic E-state index is 12.7. The summed E-state index contributed by atoms with van der Waals surface area (Å²) in [6.07, 6.45) is 0. The van der Waals surface area contributed by atoms with Gasteiger partial charge in [-0.25, -0.2) is 0 Å². The van der Waals surface area contributed by atoms with Gasteiger partial charge in [0.05, 0.1) is 18.0 Å². The van der Waals surface area contributed by atoms with Gasteiger partial charge in [-0.15, -0.1) is 11.8 Å². The Kier molecular flexibility index (Phi) is 6.27. The lowest BCUT2D eigenvalue weighted by Gasteiger charge is -2.29. The van der Waals surface area contributed by atoms with Crippen LogP contribution in [0.15, 0.2) is 41.3 Å². The van der Waals surface area contributed by atoms with E-state index >= 15 is 0 Å². The van der Waals surface area contributed by atoms with Gasteiger partial charge >= 0.3 is 0 Å². The summed E-state index contributed by atoms with van der Waals surface area (Å²) in [4.78, 5) is 41.3. The number of hydrogen-bond donors (Lipinski definition) is 1. The van der Waals surface area contributed by atoms with Gasteiger partial charge in [-0.2, -0.15) is 0 Å². The molecule has 2 aromatic carbocycles. The van der Waals surface area contributed by atoms with Crippen molar-refractivity contribution in [3.05, 3.63) is 53.1 Å². The molecule has 6 nitrogen and oxygen atoms in total. The fourth-order valence-corrected chi connectivity index (χ4v) is 4.38. The summed E-state index contributed by atoms with van der Waals surface area (Å²) >= 11 is 1.47. The fraction of sp³-hybridized carbons (Fsp3) is 0.318. The van der Waals surface area contributed by atoms with Crippen LogP contribution in [0.25, 0.3) is 0 Å². The summed E-state index contributed by atoms with van der Waals surface area (Å²) in [5, 5.41) is 2.90. The zero-order valence-corrected chi connectivity index (χ0v) is 17.9. The number of hydrogen-bond acceptors (Lipinski definition) is 4. The third kappa shape index (κ3) is 4.79. The van der Waals surface area contributed by atoms with Crippen molar-refractivity contribution in [2.75, 3.05) is 36.1 Å². The largest absolute Gasteiger partial charge is 0.335 e. The third-order valence-electron chi connectivity index (χ3n) is 4.85. The SMILES string of the molecule is Cc1cc(C)c(NC(=O)CN(C)C(=O)CN2C(=O)CSc3ccccc32)c(C)c1. The minimum atomic E-state index is -0.285. The van der Waals surface area contributed by atoms with Gasteiger partial charge in [-0.05, 0) is 44.0 Å². The van der Waals surface area contributed by atoms with Crippen LogP contribution in [-0.4, -0.2) is 48.5 Å². The van der Waals surface area contributed by atoms with Crippen LogP contribution in [0.5, 0.6) is 0 Å². The summed E-state index contributed by atoms with van der Waals surface area (Å²) in [5.74, 6) is -0.351. The maximum Gasteiger partial charge on any atom is 0.243 e. The van der Waals surface area contributed by atoms with E-state index in [-0.39, 0.29) is 30.8 Å². The van der Waals surface area contributed by atoms with Gasteiger partial charge < -0.3 is 15.1 Å². The summed E-state index contributed by atoms with van der Waals surface area (Å²) in [6.45, 7) is 5.74. The van der Waals surface area contributed by atoms with E-state index in [9.17, 15) is 14.4 Å². The number of nitrogens with zero attached hydrogens (tertiary/aromatic N) is 2. The zero-order valence-electron chi connectivity index (χ0n) is 17.1. The van der Waals surface area contributed by atoms with Crippen molar-refractivity contribution < 1.29 is 14.4 Å². The van der Waals surface area contributed by atoms with Crippen LogP contribution >= 0.6 is 11.8 Å². The molecule has 0 radical (unpaired) electrons. The molecular weight excluding hydrogens is 386 g/mol. The second-order valence-corrected chi connectivity index (χ2v) is 8.33. The molecule has 0 saturated heterocycles. The van der Waals surface area contributed by atoms with Gasteiger partial charge in [-0.3, -0.25) is 14.4 Å². The number of benzene rings is 2. The predicted molar refractivity (Wildman–Crippen MR) is 116 cm³/mol. The van der Waals surface area contributed by atoms with Crippen molar-refractivity contribution in [1.29, 1.82) is 0 Å². The van der Waals surface area contributed by atoms with Gasteiger partial charge in [0.1, 0.15) is 6.54 Å². The van der Waals surface area contributed by atoms with Crippen LogP contribution in [0.3, 0.4) is 0 Å². The van der Waals surface area contributed by atoms with Crippen molar-refractivity contribution >= 4 is 40.9 Å². The highest BCUT2D eigenvalue weighted by molar-refractivity contribution is 8.00. The third-order valence-corrected chi connectivity index (χ3v) is 5.90. The van der Waals surface area contributed by atoms with Crippen molar-refractivity contribution in [2.24, 2.45) is 0 Å². The minimum absolute atomic E-state index is 0.0793. The highest BCUT2D eigenvalue weighted by Gasteiger charge is 2.27. The minimum Gasteiger partial charge on any atom is -0.335 e.